The number of nitrogens with two attached hydrogens (primary N) is 1. The molecule has 0 spiro atoms. The first-order valence-electron chi connectivity index (χ1n) is 8.08. The van der Waals surface area contributed by atoms with E-state index in [1.54, 1.807) is 39.7 Å². The minimum absolute atomic E-state index is 0.298. The van der Waals surface area contributed by atoms with Crippen LogP contribution in [0.2, 0.25) is 0 Å². The van der Waals surface area contributed by atoms with E-state index in [4.69, 9.17) is 24.8 Å². The van der Waals surface area contributed by atoms with Gasteiger partial charge in [-0.1, -0.05) is 5.16 Å². The van der Waals surface area contributed by atoms with Crippen molar-refractivity contribution in [1.29, 1.82) is 0 Å². The Balaban J connectivity index is 0.000000752. The van der Waals surface area contributed by atoms with Gasteiger partial charge in [0.25, 0.3) is 33.7 Å². The quantitative estimate of drug-likeness (QED) is 0.129. The van der Waals surface area contributed by atoms with Gasteiger partial charge in [0.05, 0.1) is 18.1 Å². The number of pyridine rings is 2. The van der Waals surface area contributed by atoms with Gasteiger partial charge in [-0.25, -0.2) is 0 Å². The standard InChI is InChI=1S/C14H14N4O3.2CH4O3S/c15-14(19)12-4-7-17(8-5-12)10-21-11-18-6-2-1-3-13(18)9-16-20;2*1-5(2,3)4/h1-9H,10-11H2,(H-,15,19);2*1H3,(H,2,3,4)/p+2. The molecular formula is C16H24N4O9S2+2. The summed E-state index contributed by atoms with van der Waals surface area (Å²) in [5, 5.41) is 11.6. The summed E-state index contributed by atoms with van der Waals surface area (Å²) in [5.41, 5.74) is 6.34. The normalized spacial score (nSPS) is 11.1. The average Bonchev–Trinajstić information content (AvgIpc) is 2.61. The molecule has 5 N–H and O–H groups in total. The zero-order chi connectivity index (χ0) is 24.1. The minimum atomic E-state index is -3.67. The highest BCUT2D eigenvalue weighted by atomic mass is 32.2. The van der Waals surface area contributed by atoms with Gasteiger partial charge in [0.15, 0.2) is 18.6 Å². The Morgan fingerprint density at radius 2 is 1.55 bits per heavy atom. The Labute approximate surface area is 179 Å². The summed E-state index contributed by atoms with van der Waals surface area (Å²) in [6, 6.07) is 8.76. The number of nitrogens with zero attached hydrogens (tertiary/aromatic N) is 3. The molecule has 0 aliphatic rings. The topological polar surface area (TPSA) is 201 Å². The molecular weight excluding hydrogens is 456 g/mol. The summed E-state index contributed by atoms with van der Waals surface area (Å²) in [6.07, 6.45) is 8.01. The maximum absolute atomic E-state index is 11.0. The van der Waals surface area contributed by atoms with Crippen molar-refractivity contribution in [3.8, 4) is 0 Å². The fourth-order valence-corrected chi connectivity index (χ4v) is 1.74. The van der Waals surface area contributed by atoms with Crippen LogP contribution in [0, 0.1) is 0 Å². The van der Waals surface area contributed by atoms with E-state index < -0.39 is 26.1 Å². The summed E-state index contributed by atoms with van der Waals surface area (Å²) >= 11 is 0. The number of carbonyl (C=O) groups is 1. The first-order chi connectivity index (χ1) is 14.2. The van der Waals surface area contributed by atoms with Crippen LogP contribution in [0.15, 0.2) is 54.1 Å². The largest absolute Gasteiger partial charge is 0.411 e. The van der Waals surface area contributed by atoms with E-state index in [-0.39, 0.29) is 0 Å². The molecule has 13 nitrogen and oxygen atoms in total. The Morgan fingerprint density at radius 1 is 1.03 bits per heavy atom. The smallest absolute Gasteiger partial charge is 0.261 e. The van der Waals surface area contributed by atoms with Crippen LogP contribution < -0.4 is 14.9 Å². The third-order valence-corrected chi connectivity index (χ3v) is 2.81. The molecule has 0 saturated heterocycles. The molecule has 0 bridgehead atoms. The number of aromatic nitrogens is 2. The van der Waals surface area contributed by atoms with E-state index in [0.717, 1.165) is 0 Å². The summed E-state index contributed by atoms with van der Waals surface area (Å²) in [5.74, 6) is -0.462. The molecule has 0 aromatic carbocycles. The number of hydrogen-bond acceptors (Lipinski definition) is 8. The molecule has 2 aromatic rings. The molecule has 2 aromatic heterocycles. The fraction of sp³-hybridized carbons (Fsp3) is 0.250. The minimum Gasteiger partial charge on any atom is -0.411 e. The predicted molar refractivity (Wildman–Crippen MR) is 107 cm³/mol. The molecule has 1 amide bonds. The number of ether oxygens (including phenoxy) is 1. The van der Waals surface area contributed by atoms with Crippen molar-refractivity contribution in [2.75, 3.05) is 12.5 Å². The van der Waals surface area contributed by atoms with Crippen molar-refractivity contribution in [2.24, 2.45) is 10.9 Å². The lowest BCUT2D eigenvalue weighted by Gasteiger charge is -2.00. The van der Waals surface area contributed by atoms with Crippen LogP contribution in [-0.4, -0.2) is 55.8 Å². The number of oxime groups is 1. The van der Waals surface area contributed by atoms with Crippen LogP contribution in [0.25, 0.3) is 0 Å². The summed E-state index contributed by atoms with van der Waals surface area (Å²) in [6.45, 7) is 0.614. The lowest BCUT2D eigenvalue weighted by Crippen LogP contribution is -2.42. The zero-order valence-corrected chi connectivity index (χ0v) is 18.3. The first-order valence-corrected chi connectivity index (χ1v) is 11.8. The molecule has 0 aliphatic heterocycles. The number of amides is 1. The van der Waals surface area contributed by atoms with Crippen molar-refractivity contribution >= 4 is 32.4 Å². The molecule has 172 valence electrons. The van der Waals surface area contributed by atoms with Crippen LogP contribution >= 0.6 is 0 Å². The highest BCUT2D eigenvalue weighted by molar-refractivity contribution is 7.85. The van der Waals surface area contributed by atoms with Gasteiger partial charge in [0.1, 0.15) is 6.21 Å². The van der Waals surface area contributed by atoms with E-state index in [1.165, 1.54) is 6.21 Å². The fourth-order valence-electron chi connectivity index (χ4n) is 1.74. The maximum atomic E-state index is 11.0. The predicted octanol–water partition coefficient (Wildman–Crippen LogP) is -1.19. The number of rotatable bonds is 6. The lowest BCUT2D eigenvalue weighted by molar-refractivity contribution is -0.788. The SMILES string of the molecule is CS(=O)(=O)O.CS(=O)(=O)O.NC(=O)c1cc[n+](COC[n+]2ccccc2/C=N/O)cc1. The summed E-state index contributed by atoms with van der Waals surface area (Å²) < 4.78 is 60.9. The van der Waals surface area contributed by atoms with Gasteiger partial charge in [-0.05, 0) is 6.07 Å². The van der Waals surface area contributed by atoms with Gasteiger partial charge in [-0.3, -0.25) is 18.6 Å². The van der Waals surface area contributed by atoms with E-state index >= 15 is 0 Å². The number of primary amides is 1. The molecule has 0 saturated carbocycles. The van der Waals surface area contributed by atoms with Crippen LogP contribution in [-0.2, 0) is 38.4 Å². The first kappa shape index (κ1) is 28.0. The Kier molecular flexibility index (Phi) is 12.1. The third-order valence-electron chi connectivity index (χ3n) is 2.81. The second-order valence-electron chi connectivity index (χ2n) is 5.73. The van der Waals surface area contributed by atoms with Gasteiger partial charge in [0.2, 0.25) is 11.6 Å². The van der Waals surface area contributed by atoms with Crippen LogP contribution in [0.5, 0.6) is 0 Å². The summed E-state index contributed by atoms with van der Waals surface area (Å²) in [7, 11) is -7.33. The van der Waals surface area contributed by atoms with Gasteiger partial charge >= 0.3 is 0 Å². The number of carbonyl (C=O) groups excluding carboxylic acids is 1. The molecule has 0 atom stereocenters. The van der Waals surface area contributed by atoms with Crippen molar-refractivity contribution in [3.63, 3.8) is 0 Å². The Bertz CT molecular complexity index is 1020. The average molecular weight is 481 g/mol. The number of hydrogen-bond donors (Lipinski definition) is 4. The lowest BCUT2D eigenvalue weighted by atomic mass is 10.2. The van der Waals surface area contributed by atoms with E-state index in [9.17, 15) is 21.6 Å². The molecule has 0 aliphatic carbocycles. The van der Waals surface area contributed by atoms with E-state index in [2.05, 4.69) is 5.16 Å². The monoisotopic (exact) mass is 480 g/mol. The molecule has 0 radical (unpaired) electrons. The second-order valence-corrected chi connectivity index (χ2v) is 8.67. The van der Waals surface area contributed by atoms with Crippen molar-refractivity contribution < 1.29 is 49.8 Å². The maximum Gasteiger partial charge on any atom is 0.261 e. The zero-order valence-electron chi connectivity index (χ0n) is 16.6. The molecule has 2 rings (SSSR count). The highest BCUT2D eigenvalue weighted by Crippen LogP contribution is 1.93. The van der Waals surface area contributed by atoms with Gasteiger partial charge in [0, 0.05) is 24.3 Å². The molecule has 0 fully saturated rings. The van der Waals surface area contributed by atoms with Gasteiger partial charge < -0.3 is 10.9 Å². The summed E-state index contributed by atoms with van der Waals surface area (Å²) in [4.78, 5) is 11.0. The van der Waals surface area contributed by atoms with E-state index in [1.807, 2.05) is 18.3 Å². The molecule has 0 unspecified atom stereocenters. The highest BCUT2D eigenvalue weighted by Gasteiger charge is 2.09. The van der Waals surface area contributed by atoms with Gasteiger partial charge in [-0.15, -0.1) is 0 Å². The Hall–Kier alpha value is -2.98. The van der Waals surface area contributed by atoms with Crippen molar-refractivity contribution in [1.82, 2.24) is 0 Å². The van der Waals surface area contributed by atoms with Gasteiger partial charge in [-0.2, -0.15) is 26.0 Å². The molecule has 2 heterocycles. The van der Waals surface area contributed by atoms with E-state index in [0.29, 0.717) is 37.2 Å². The van der Waals surface area contributed by atoms with Crippen LogP contribution in [0.1, 0.15) is 16.1 Å². The second kappa shape index (κ2) is 13.3. The molecule has 15 heteroatoms. The van der Waals surface area contributed by atoms with Crippen LogP contribution in [0.3, 0.4) is 0 Å². The Morgan fingerprint density at radius 3 is 2.00 bits per heavy atom. The van der Waals surface area contributed by atoms with Crippen molar-refractivity contribution in [3.05, 3.63) is 60.2 Å². The van der Waals surface area contributed by atoms with Crippen LogP contribution in [0.4, 0.5) is 0 Å². The third kappa shape index (κ3) is 17.6. The van der Waals surface area contributed by atoms with Crippen molar-refractivity contribution in [2.45, 2.75) is 13.5 Å². The molecule has 31 heavy (non-hydrogen) atoms.